The van der Waals surface area contributed by atoms with Gasteiger partial charge in [0.2, 0.25) is 5.95 Å². The van der Waals surface area contributed by atoms with E-state index in [2.05, 4.69) is 31.4 Å². The number of anilines is 2. The van der Waals surface area contributed by atoms with Crippen molar-refractivity contribution in [2.45, 2.75) is 19.6 Å². The first-order chi connectivity index (χ1) is 14.7. The van der Waals surface area contributed by atoms with Crippen molar-refractivity contribution in [1.82, 2.24) is 24.7 Å². The molecule has 0 saturated carbocycles. The number of hydrogen-bond acceptors (Lipinski definition) is 7. The van der Waals surface area contributed by atoms with Crippen LogP contribution in [0.5, 0.6) is 5.75 Å². The molecule has 0 spiro atoms. The summed E-state index contributed by atoms with van der Waals surface area (Å²) in [5, 5.41) is 16.7. The number of rotatable bonds is 7. The van der Waals surface area contributed by atoms with Gasteiger partial charge in [0, 0.05) is 23.6 Å². The number of nitrogens with zero attached hydrogens (tertiary/aromatic N) is 6. The molecular weight excluding hydrogens is 378 g/mol. The first-order valence-electron chi connectivity index (χ1n) is 9.39. The topological polar surface area (TPSA) is 102 Å². The second-order valence-electron chi connectivity index (χ2n) is 6.66. The molecule has 2 heterocycles. The van der Waals surface area contributed by atoms with Crippen LogP contribution in [-0.2, 0) is 6.54 Å². The Morgan fingerprint density at radius 1 is 1.10 bits per heavy atom. The number of nitrogens with one attached hydrogen (secondary N) is 1. The molecule has 4 aromatic rings. The second-order valence-corrected chi connectivity index (χ2v) is 6.66. The quantitative estimate of drug-likeness (QED) is 0.506. The molecule has 2 aromatic heterocycles. The van der Waals surface area contributed by atoms with Gasteiger partial charge in [-0.05, 0) is 36.8 Å². The lowest BCUT2D eigenvalue weighted by Gasteiger charge is -2.16. The predicted octanol–water partition coefficient (Wildman–Crippen LogP) is 3.82. The average Bonchev–Trinajstić information content (AvgIpc) is 3.28. The largest absolute Gasteiger partial charge is 0.487 e. The molecule has 0 fully saturated rings. The highest BCUT2D eigenvalue weighted by Gasteiger charge is 2.12. The van der Waals surface area contributed by atoms with Crippen LogP contribution in [0.15, 0.2) is 73.6 Å². The number of nitriles is 1. The molecule has 0 aliphatic rings. The molecular formula is C22H19N7O. The molecule has 0 bridgehead atoms. The Kier molecular flexibility index (Phi) is 5.62. The summed E-state index contributed by atoms with van der Waals surface area (Å²) in [5.41, 5.74) is 3.07. The highest BCUT2D eigenvalue weighted by Crippen LogP contribution is 2.28. The van der Waals surface area contributed by atoms with Crippen molar-refractivity contribution in [2.75, 3.05) is 5.32 Å². The maximum atomic E-state index is 9.44. The summed E-state index contributed by atoms with van der Waals surface area (Å²) in [5.74, 6) is 1.02. The highest BCUT2D eigenvalue weighted by molar-refractivity contribution is 5.66. The highest BCUT2D eigenvalue weighted by atomic mass is 16.5. The van der Waals surface area contributed by atoms with E-state index >= 15 is 0 Å². The third kappa shape index (κ3) is 4.59. The van der Waals surface area contributed by atoms with Crippen LogP contribution in [0.3, 0.4) is 0 Å². The molecule has 8 nitrogen and oxygen atoms in total. The lowest BCUT2D eigenvalue weighted by Crippen LogP contribution is -2.20. The molecule has 1 atom stereocenters. The minimum absolute atomic E-state index is 0.192. The SMILES string of the molecule is C[C@@H](Cn1cncn1)Oc1cc(-c2cnc(Nc3ccccc3)nc2)ccc1C#N. The molecule has 148 valence electrons. The molecule has 30 heavy (non-hydrogen) atoms. The van der Waals surface area contributed by atoms with E-state index in [1.165, 1.54) is 6.33 Å². The van der Waals surface area contributed by atoms with Gasteiger partial charge in [-0.1, -0.05) is 24.3 Å². The van der Waals surface area contributed by atoms with Crippen LogP contribution < -0.4 is 10.1 Å². The molecule has 0 aliphatic carbocycles. The van der Waals surface area contributed by atoms with Gasteiger partial charge >= 0.3 is 0 Å². The summed E-state index contributed by atoms with van der Waals surface area (Å²) in [6, 6.07) is 17.3. The fourth-order valence-corrected chi connectivity index (χ4v) is 2.93. The van der Waals surface area contributed by atoms with Gasteiger partial charge < -0.3 is 10.1 Å². The lowest BCUT2D eigenvalue weighted by atomic mass is 10.1. The molecule has 0 amide bonds. The molecule has 0 saturated heterocycles. The van der Waals surface area contributed by atoms with E-state index < -0.39 is 0 Å². The summed E-state index contributed by atoms with van der Waals surface area (Å²) < 4.78 is 7.70. The first kappa shape index (κ1) is 19.1. The van der Waals surface area contributed by atoms with Gasteiger partial charge in [0.1, 0.15) is 30.6 Å². The predicted molar refractivity (Wildman–Crippen MR) is 112 cm³/mol. The maximum absolute atomic E-state index is 9.44. The first-order valence-corrected chi connectivity index (χ1v) is 9.39. The van der Waals surface area contributed by atoms with Crippen molar-refractivity contribution in [1.29, 1.82) is 5.26 Å². The van der Waals surface area contributed by atoms with Gasteiger partial charge in [-0.3, -0.25) is 0 Å². The number of para-hydroxylation sites is 1. The van der Waals surface area contributed by atoms with E-state index in [1.54, 1.807) is 29.5 Å². The molecule has 0 aliphatic heterocycles. The molecule has 0 unspecified atom stereocenters. The van der Waals surface area contributed by atoms with E-state index in [1.807, 2.05) is 49.4 Å². The van der Waals surface area contributed by atoms with E-state index in [0.717, 1.165) is 16.8 Å². The standard InChI is InChI=1S/C22H19N7O/c1-16(13-29-15-24-14-27-29)30-21-9-17(7-8-18(21)10-23)19-11-25-22(26-12-19)28-20-5-3-2-4-6-20/h2-9,11-12,14-16H,13H2,1H3,(H,25,26,28)/t16-/m0/s1. The zero-order valence-electron chi connectivity index (χ0n) is 16.3. The van der Waals surface area contributed by atoms with Crippen LogP contribution in [0.4, 0.5) is 11.6 Å². The van der Waals surface area contributed by atoms with Gasteiger partial charge in [0.15, 0.2) is 0 Å². The Morgan fingerprint density at radius 2 is 1.90 bits per heavy atom. The zero-order chi connectivity index (χ0) is 20.8. The Labute approximate surface area is 173 Å². The normalized spacial score (nSPS) is 11.5. The Bertz CT molecular complexity index is 1140. The van der Waals surface area contributed by atoms with Crippen molar-refractivity contribution in [3.05, 3.63) is 79.1 Å². The fourth-order valence-electron chi connectivity index (χ4n) is 2.93. The zero-order valence-corrected chi connectivity index (χ0v) is 16.3. The van der Waals surface area contributed by atoms with Crippen LogP contribution in [0, 0.1) is 11.3 Å². The van der Waals surface area contributed by atoms with Crippen LogP contribution >= 0.6 is 0 Å². The average molecular weight is 397 g/mol. The van der Waals surface area contributed by atoms with E-state index in [-0.39, 0.29) is 6.10 Å². The maximum Gasteiger partial charge on any atom is 0.227 e. The van der Waals surface area contributed by atoms with Crippen molar-refractivity contribution in [2.24, 2.45) is 0 Å². The van der Waals surface area contributed by atoms with Crippen molar-refractivity contribution in [3.63, 3.8) is 0 Å². The summed E-state index contributed by atoms with van der Waals surface area (Å²) >= 11 is 0. The lowest BCUT2D eigenvalue weighted by molar-refractivity contribution is 0.193. The van der Waals surface area contributed by atoms with Crippen LogP contribution in [0.25, 0.3) is 11.1 Å². The minimum atomic E-state index is -0.192. The monoisotopic (exact) mass is 397 g/mol. The number of ether oxygens (including phenoxy) is 1. The van der Waals surface area contributed by atoms with Crippen LogP contribution in [0.2, 0.25) is 0 Å². The number of benzene rings is 2. The van der Waals surface area contributed by atoms with Gasteiger partial charge in [0.25, 0.3) is 0 Å². The van der Waals surface area contributed by atoms with Gasteiger partial charge in [0.05, 0.1) is 12.1 Å². The van der Waals surface area contributed by atoms with Gasteiger partial charge in [-0.25, -0.2) is 19.6 Å². The van der Waals surface area contributed by atoms with Crippen molar-refractivity contribution >= 4 is 11.6 Å². The van der Waals surface area contributed by atoms with Crippen molar-refractivity contribution < 1.29 is 4.74 Å². The molecule has 8 heteroatoms. The summed E-state index contributed by atoms with van der Waals surface area (Å²) in [7, 11) is 0. The molecule has 4 rings (SSSR count). The van der Waals surface area contributed by atoms with Crippen LogP contribution in [0.1, 0.15) is 12.5 Å². The molecule has 2 aromatic carbocycles. The summed E-state index contributed by atoms with van der Waals surface area (Å²) in [6.45, 7) is 2.45. The van der Waals surface area contributed by atoms with E-state index in [9.17, 15) is 5.26 Å². The summed E-state index contributed by atoms with van der Waals surface area (Å²) in [4.78, 5) is 12.7. The summed E-state index contributed by atoms with van der Waals surface area (Å²) in [6.07, 6.45) is 6.39. The second kappa shape index (κ2) is 8.84. The number of hydrogen-bond donors (Lipinski definition) is 1. The Hall–Kier alpha value is -4.25. The van der Waals surface area contributed by atoms with Gasteiger partial charge in [-0.2, -0.15) is 10.4 Å². The smallest absolute Gasteiger partial charge is 0.227 e. The van der Waals surface area contributed by atoms with E-state index in [0.29, 0.717) is 23.8 Å². The third-order valence-corrected chi connectivity index (χ3v) is 4.36. The number of aromatic nitrogens is 5. The Morgan fingerprint density at radius 3 is 2.60 bits per heavy atom. The Balaban J connectivity index is 1.51. The molecule has 1 N–H and O–H groups in total. The fraction of sp³-hybridized carbons (Fsp3) is 0.136. The minimum Gasteiger partial charge on any atom is -0.487 e. The van der Waals surface area contributed by atoms with E-state index in [4.69, 9.17) is 4.74 Å². The van der Waals surface area contributed by atoms with Gasteiger partial charge in [-0.15, -0.1) is 0 Å². The molecule has 0 radical (unpaired) electrons. The van der Waals surface area contributed by atoms with Crippen LogP contribution in [-0.4, -0.2) is 30.8 Å². The third-order valence-electron chi connectivity index (χ3n) is 4.36. The van der Waals surface area contributed by atoms with Crippen molar-refractivity contribution in [3.8, 4) is 22.9 Å².